The number of carbonyl (C=O) groups is 2. The van der Waals surface area contributed by atoms with Gasteiger partial charge in [0.15, 0.2) is 12.3 Å². The fraction of sp³-hybridized carbons (Fsp3) is 0.185. The predicted octanol–water partition coefficient (Wildman–Crippen LogP) is 3.27. The lowest BCUT2D eigenvalue weighted by Crippen LogP contribution is -2.31. The third-order valence-electron chi connectivity index (χ3n) is 5.62. The largest absolute Gasteiger partial charge is 0.451 e. The molecule has 1 aromatic heterocycles. The van der Waals surface area contributed by atoms with Gasteiger partial charge in [0, 0.05) is 38.8 Å². The van der Waals surface area contributed by atoms with Crippen molar-refractivity contribution in [1.82, 2.24) is 14.7 Å². The molecule has 35 heavy (non-hydrogen) atoms. The van der Waals surface area contributed by atoms with Crippen molar-refractivity contribution in [3.8, 4) is 5.69 Å². The van der Waals surface area contributed by atoms with Gasteiger partial charge in [-0.1, -0.05) is 48.5 Å². The van der Waals surface area contributed by atoms with E-state index in [0.717, 1.165) is 11.3 Å². The lowest BCUT2D eigenvalue weighted by atomic mass is 10.1. The summed E-state index contributed by atoms with van der Waals surface area (Å²) in [5, 5.41) is 4.99. The zero-order valence-electron chi connectivity index (χ0n) is 19.8. The number of benzene rings is 3. The average Bonchev–Trinajstić information content (AvgIpc) is 2.88. The molecular weight excluding hydrogens is 444 g/mol. The monoisotopic (exact) mass is 470 g/mol. The molecule has 178 valence electrons. The number of ether oxygens (including phenoxy) is 1. The summed E-state index contributed by atoms with van der Waals surface area (Å²) in [6, 6.07) is 23.4. The molecule has 8 heteroatoms. The van der Waals surface area contributed by atoms with Gasteiger partial charge in [-0.15, -0.1) is 0 Å². The van der Waals surface area contributed by atoms with Gasteiger partial charge in [0.25, 0.3) is 11.5 Å². The minimum absolute atomic E-state index is 0.0289. The van der Waals surface area contributed by atoms with Crippen LogP contribution in [0.5, 0.6) is 0 Å². The van der Waals surface area contributed by atoms with Crippen LogP contribution in [0, 0.1) is 0 Å². The first-order valence-electron chi connectivity index (χ1n) is 11.1. The number of hydrogen-bond acceptors (Lipinski definition) is 6. The van der Waals surface area contributed by atoms with Gasteiger partial charge in [-0.25, -0.2) is 4.79 Å². The molecule has 1 heterocycles. The smallest absolute Gasteiger partial charge is 0.359 e. The molecule has 0 saturated heterocycles. The Morgan fingerprint density at radius 1 is 0.857 bits per heavy atom. The SMILES string of the molecule is CN(Cc1ccc(N(C)C)cc1)C(=O)COC(=O)c1nn(-c2ccccc2)c(=O)c2ccccc12. The van der Waals surface area contributed by atoms with E-state index >= 15 is 0 Å². The molecule has 0 atom stereocenters. The molecule has 0 radical (unpaired) electrons. The van der Waals surface area contributed by atoms with Gasteiger partial charge in [0.1, 0.15) is 0 Å². The molecule has 4 rings (SSSR count). The highest BCUT2D eigenvalue weighted by Gasteiger charge is 2.20. The molecule has 0 aliphatic carbocycles. The zero-order chi connectivity index (χ0) is 24.9. The van der Waals surface area contributed by atoms with E-state index < -0.39 is 12.6 Å². The number of rotatable bonds is 7. The molecule has 0 N–H and O–H groups in total. The van der Waals surface area contributed by atoms with Crippen LogP contribution in [0.1, 0.15) is 16.1 Å². The summed E-state index contributed by atoms with van der Waals surface area (Å²) in [6.45, 7) is -0.0598. The second-order valence-corrected chi connectivity index (χ2v) is 8.33. The maximum absolute atomic E-state index is 13.0. The molecular formula is C27H26N4O4. The molecule has 0 fully saturated rings. The first kappa shape index (κ1) is 23.7. The van der Waals surface area contributed by atoms with Crippen LogP contribution in [0.4, 0.5) is 5.69 Å². The Hall–Kier alpha value is -4.46. The van der Waals surface area contributed by atoms with E-state index in [1.807, 2.05) is 49.3 Å². The van der Waals surface area contributed by atoms with Gasteiger partial charge in [-0.05, 0) is 35.9 Å². The lowest BCUT2D eigenvalue weighted by Gasteiger charge is -2.18. The summed E-state index contributed by atoms with van der Waals surface area (Å²) in [4.78, 5) is 42.1. The van der Waals surface area contributed by atoms with E-state index in [1.54, 1.807) is 55.6 Å². The van der Waals surface area contributed by atoms with E-state index in [1.165, 1.54) is 9.58 Å². The summed E-state index contributed by atoms with van der Waals surface area (Å²) in [7, 11) is 5.57. The Morgan fingerprint density at radius 2 is 1.49 bits per heavy atom. The summed E-state index contributed by atoms with van der Waals surface area (Å²) in [6.07, 6.45) is 0. The maximum atomic E-state index is 13.0. The van der Waals surface area contributed by atoms with Crippen LogP contribution >= 0.6 is 0 Å². The Morgan fingerprint density at radius 3 is 2.14 bits per heavy atom. The number of aromatic nitrogens is 2. The molecule has 0 aliphatic heterocycles. The molecule has 0 bridgehead atoms. The van der Waals surface area contributed by atoms with Gasteiger partial charge >= 0.3 is 5.97 Å². The van der Waals surface area contributed by atoms with Crippen molar-refractivity contribution >= 4 is 28.3 Å². The quantitative estimate of drug-likeness (QED) is 0.386. The van der Waals surface area contributed by atoms with Gasteiger partial charge in [0.2, 0.25) is 0 Å². The summed E-state index contributed by atoms with van der Waals surface area (Å²) in [5.41, 5.74) is 2.17. The van der Waals surface area contributed by atoms with Crippen LogP contribution in [0.2, 0.25) is 0 Å². The Bertz CT molecular complexity index is 1410. The maximum Gasteiger partial charge on any atom is 0.359 e. The van der Waals surface area contributed by atoms with Crippen molar-refractivity contribution in [2.24, 2.45) is 0 Å². The van der Waals surface area contributed by atoms with Crippen LogP contribution in [-0.2, 0) is 16.1 Å². The fourth-order valence-corrected chi connectivity index (χ4v) is 3.65. The van der Waals surface area contributed by atoms with Crippen LogP contribution in [0.3, 0.4) is 0 Å². The lowest BCUT2D eigenvalue weighted by molar-refractivity contribution is -0.133. The normalized spacial score (nSPS) is 10.7. The highest BCUT2D eigenvalue weighted by molar-refractivity contribution is 6.02. The minimum Gasteiger partial charge on any atom is -0.451 e. The predicted molar refractivity (Wildman–Crippen MR) is 135 cm³/mol. The highest BCUT2D eigenvalue weighted by Crippen LogP contribution is 2.17. The molecule has 0 spiro atoms. The van der Waals surface area contributed by atoms with E-state index in [9.17, 15) is 14.4 Å². The fourth-order valence-electron chi connectivity index (χ4n) is 3.65. The number of para-hydroxylation sites is 1. The Kier molecular flexibility index (Phi) is 6.91. The number of anilines is 1. The summed E-state index contributed by atoms with van der Waals surface area (Å²) in [5.74, 6) is -1.13. The summed E-state index contributed by atoms with van der Waals surface area (Å²) >= 11 is 0. The van der Waals surface area contributed by atoms with Crippen molar-refractivity contribution < 1.29 is 14.3 Å². The Balaban J connectivity index is 1.51. The van der Waals surface area contributed by atoms with Gasteiger partial charge in [-0.3, -0.25) is 9.59 Å². The number of amides is 1. The second kappa shape index (κ2) is 10.2. The second-order valence-electron chi connectivity index (χ2n) is 8.33. The van der Waals surface area contributed by atoms with Crippen molar-refractivity contribution in [3.05, 3.63) is 100 Å². The molecule has 0 saturated carbocycles. The van der Waals surface area contributed by atoms with E-state index in [-0.39, 0.29) is 17.2 Å². The van der Waals surface area contributed by atoms with E-state index in [2.05, 4.69) is 5.10 Å². The first-order chi connectivity index (χ1) is 16.8. The molecule has 4 aromatic rings. The number of nitrogens with zero attached hydrogens (tertiary/aromatic N) is 4. The topological polar surface area (TPSA) is 84.7 Å². The number of likely N-dealkylation sites (N-methyl/N-ethyl adjacent to an activating group) is 1. The number of esters is 1. The van der Waals surface area contributed by atoms with Crippen LogP contribution in [0.25, 0.3) is 16.5 Å². The molecule has 0 aliphatic rings. The molecule has 8 nitrogen and oxygen atoms in total. The molecule has 1 amide bonds. The van der Waals surface area contributed by atoms with Crippen molar-refractivity contribution in [2.45, 2.75) is 6.54 Å². The number of carbonyl (C=O) groups excluding carboxylic acids is 2. The minimum atomic E-state index is -0.775. The summed E-state index contributed by atoms with van der Waals surface area (Å²) < 4.78 is 6.49. The average molecular weight is 471 g/mol. The van der Waals surface area contributed by atoms with Gasteiger partial charge < -0.3 is 14.5 Å². The standard InChI is InChI=1S/C27H26N4O4/c1-29(2)20-15-13-19(14-16-20)17-30(3)24(32)18-35-27(34)25-22-11-7-8-12-23(22)26(33)31(28-25)21-9-5-4-6-10-21/h4-16H,17-18H2,1-3H3. The third-order valence-corrected chi connectivity index (χ3v) is 5.62. The van der Waals surface area contributed by atoms with Gasteiger partial charge in [-0.2, -0.15) is 9.78 Å². The van der Waals surface area contributed by atoms with Crippen LogP contribution in [0.15, 0.2) is 83.7 Å². The van der Waals surface area contributed by atoms with Crippen molar-refractivity contribution in [3.63, 3.8) is 0 Å². The van der Waals surface area contributed by atoms with Crippen molar-refractivity contribution in [2.75, 3.05) is 32.6 Å². The zero-order valence-corrected chi connectivity index (χ0v) is 19.8. The number of fused-ring (bicyclic) bond motifs is 1. The number of hydrogen-bond donors (Lipinski definition) is 0. The Labute approximate surface area is 203 Å². The first-order valence-corrected chi connectivity index (χ1v) is 11.1. The third kappa shape index (κ3) is 5.22. The van der Waals surface area contributed by atoms with Crippen LogP contribution < -0.4 is 10.5 Å². The highest BCUT2D eigenvalue weighted by atomic mass is 16.5. The van der Waals surface area contributed by atoms with E-state index in [0.29, 0.717) is 23.0 Å². The molecule has 0 unspecified atom stereocenters. The van der Waals surface area contributed by atoms with Crippen molar-refractivity contribution in [1.29, 1.82) is 0 Å². The molecule has 3 aromatic carbocycles. The van der Waals surface area contributed by atoms with E-state index in [4.69, 9.17) is 4.74 Å². The van der Waals surface area contributed by atoms with Crippen LogP contribution in [-0.4, -0.2) is 54.3 Å². The van der Waals surface area contributed by atoms with Gasteiger partial charge in [0.05, 0.1) is 11.1 Å².